The molecule has 3 rings (SSSR count). The van der Waals surface area contributed by atoms with Gasteiger partial charge in [0.15, 0.2) is 17.5 Å². The van der Waals surface area contributed by atoms with Crippen molar-refractivity contribution in [1.29, 1.82) is 5.41 Å². The molecule has 3 aromatic carbocycles. The normalized spacial score (nSPS) is 11.3. The second-order valence-electron chi connectivity index (χ2n) is 6.75. The van der Waals surface area contributed by atoms with Crippen LogP contribution in [0.15, 0.2) is 66.7 Å². The predicted molar refractivity (Wildman–Crippen MR) is 118 cm³/mol. The van der Waals surface area contributed by atoms with Crippen LogP contribution in [0.3, 0.4) is 0 Å². The maximum absolute atomic E-state index is 11.9. The van der Waals surface area contributed by atoms with Crippen LogP contribution in [0, 0.1) is 5.41 Å². The Hall–Kier alpha value is -4.53. The van der Waals surface area contributed by atoms with E-state index in [4.69, 9.17) is 25.7 Å². The minimum Gasteiger partial charge on any atom is -0.493 e. The summed E-state index contributed by atoms with van der Waals surface area (Å²) in [6, 6.07) is 16.0. The molecule has 6 N–H and O–H groups in total. The van der Waals surface area contributed by atoms with E-state index in [1.807, 2.05) is 0 Å². The summed E-state index contributed by atoms with van der Waals surface area (Å²) in [5.41, 5.74) is 7.07. The van der Waals surface area contributed by atoms with Crippen molar-refractivity contribution in [2.45, 2.75) is 6.04 Å². The first-order valence-corrected chi connectivity index (χ1v) is 9.41. The molecule has 164 valence electrons. The second-order valence-corrected chi connectivity index (χ2v) is 6.75. The van der Waals surface area contributed by atoms with Gasteiger partial charge in [0.05, 0.1) is 12.7 Å². The number of carbonyl (C=O) groups is 2. The number of rotatable bonds is 9. The minimum absolute atomic E-state index is 0.0794. The fraction of sp³-hybridized carbons (Fsp3) is 0.0870. The Labute approximate surface area is 183 Å². The van der Waals surface area contributed by atoms with Gasteiger partial charge in [-0.25, -0.2) is 9.59 Å². The number of benzene rings is 3. The summed E-state index contributed by atoms with van der Waals surface area (Å²) < 4.78 is 11.1. The molecule has 0 aliphatic carbocycles. The summed E-state index contributed by atoms with van der Waals surface area (Å²) in [6.07, 6.45) is 0. The van der Waals surface area contributed by atoms with Gasteiger partial charge in [0.1, 0.15) is 11.6 Å². The SMILES string of the molecule is COc1cc(C(Nc2ccc(C(=N)N)cc2)C(=O)O)ccc1Oc1ccc(C(=O)O)cc1. The monoisotopic (exact) mass is 435 g/mol. The zero-order valence-electron chi connectivity index (χ0n) is 17.0. The summed E-state index contributed by atoms with van der Waals surface area (Å²) in [4.78, 5) is 22.9. The quantitative estimate of drug-likeness (QED) is 0.252. The molecule has 32 heavy (non-hydrogen) atoms. The van der Waals surface area contributed by atoms with Crippen LogP contribution >= 0.6 is 0 Å². The molecule has 0 bridgehead atoms. The Bertz CT molecular complexity index is 1140. The molecule has 0 aliphatic heterocycles. The van der Waals surface area contributed by atoms with Crippen molar-refractivity contribution in [2.24, 2.45) is 5.73 Å². The standard InChI is InChI=1S/C23H21N3O6/c1-31-19-12-15(6-11-18(19)32-17-9-4-14(5-10-17)22(27)28)20(23(29)30)26-16-7-2-13(3-8-16)21(24)25/h2-12,20,26H,1H3,(H3,24,25)(H,27,28)(H,29,30). The summed E-state index contributed by atoms with van der Waals surface area (Å²) in [5.74, 6) is -1.16. The van der Waals surface area contributed by atoms with Gasteiger partial charge in [0.2, 0.25) is 0 Å². The lowest BCUT2D eigenvalue weighted by Gasteiger charge is -2.18. The van der Waals surface area contributed by atoms with Gasteiger partial charge in [-0.1, -0.05) is 6.07 Å². The molecule has 0 amide bonds. The molecule has 0 heterocycles. The third kappa shape index (κ3) is 5.14. The van der Waals surface area contributed by atoms with E-state index in [0.717, 1.165) is 0 Å². The average Bonchev–Trinajstić information content (AvgIpc) is 2.78. The summed E-state index contributed by atoms with van der Waals surface area (Å²) >= 11 is 0. The third-order valence-electron chi connectivity index (χ3n) is 4.60. The highest BCUT2D eigenvalue weighted by Crippen LogP contribution is 2.35. The van der Waals surface area contributed by atoms with Crippen molar-refractivity contribution in [1.82, 2.24) is 0 Å². The highest BCUT2D eigenvalue weighted by molar-refractivity contribution is 5.95. The van der Waals surface area contributed by atoms with Crippen LogP contribution in [0.1, 0.15) is 27.5 Å². The molecule has 0 saturated heterocycles. The first kappa shape index (κ1) is 22.2. The van der Waals surface area contributed by atoms with Crippen LogP contribution in [0.4, 0.5) is 5.69 Å². The number of methoxy groups -OCH3 is 1. The largest absolute Gasteiger partial charge is 0.493 e. The minimum atomic E-state index is -1.10. The lowest BCUT2D eigenvalue weighted by atomic mass is 10.1. The van der Waals surface area contributed by atoms with Gasteiger partial charge in [-0.05, 0) is 66.2 Å². The molecular formula is C23H21N3O6. The first-order chi connectivity index (χ1) is 15.3. The van der Waals surface area contributed by atoms with Gasteiger partial charge in [-0.2, -0.15) is 0 Å². The Morgan fingerprint density at radius 2 is 1.56 bits per heavy atom. The summed E-state index contributed by atoms with van der Waals surface area (Å²) in [7, 11) is 1.43. The van der Waals surface area contributed by atoms with Gasteiger partial charge in [0.25, 0.3) is 0 Å². The van der Waals surface area contributed by atoms with E-state index in [9.17, 15) is 14.7 Å². The maximum Gasteiger partial charge on any atom is 0.335 e. The zero-order chi connectivity index (χ0) is 23.3. The lowest BCUT2D eigenvalue weighted by Crippen LogP contribution is -2.20. The van der Waals surface area contributed by atoms with E-state index >= 15 is 0 Å². The number of aromatic carboxylic acids is 1. The molecule has 0 saturated carbocycles. The Balaban J connectivity index is 1.83. The van der Waals surface area contributed by atoms with Crippen molar-refractivity contribution in [3.63, 3.8) is 0 Å². The van der Waals surface area contributed by atoms with Gasteiger partial charge >= 0.3 is 11.9 Å². The van der Waals surface area contributed by atoms with Crippen LogP contribution in [0.5, 0.6) is 17.2 Å². The molecular weight excluding hydrogens is 414 g/mol. The molecule has 0 fully saturated rings. The van der Waals surface area contributed by atoms with E-state index in [0.29, 0.717) is 34.1 Å². The van der Waals surface area contributed by atoms with E-state index in [1.54, 1.807) is 42.5 Å². The van der Waals surface area contributed by atoms with Crippen LogP contribution in [-0.4, -0.2) is 35.1 Å². The number of ether oxygens (including phenoxy) is 2. The number of carboxylic acids is 2. The number of aliphatic carboxylic acids is 1. The van der Waals surface area contributed by atoms with Crippen LogP contribution in [-0.2, 0) is 4.79 Å². The Kier molecular flexibility index (Phi) is 6.59. The molecule has 9 nitrogen and oxygen atoms in total. The number of nitrogens with one attached hydrogen (secondary N) is 2. The highest BCUT2D eigenvalue weighted by Gasteiger charge is 2.22. The fourth-order valence-corrected chi connectivity index (χ4v) is 2.94. The lowest BCUT2D eigenvalue weighted by molar-refractivity contribution is -0.138. The van der Waals surface area contributed by atoms with Crippen molar-refractivity contribution in [3.8, 4) is 17.2 Å². The van der Waals surface area contributed by atoms with Crippen molar-refractivity contribution >= 4 is 23.5 Å². The van der Waals surface area contributed by atoms with Crippen molar-refractivity contribution in [3.05, 3.63) is 83.4 Å². The molecule has 0 radical (unpaired) electrons. The number of hydrogen-bond acceptors (Lipinski definition) is 6. The second kappa shape index (κ2) is 9.52. The van der Waals surface area contributed by atoms with Gasteiger partial charge in [-0.3, -0.25) is 5.41 Å². The highest BCUT2D eigenvalue weighted by atomic mass is 16.5. The van der Waals surface area contributed by atoms with Gasteiger partial charge in [-0.15, -0.1) is 0 Å². The summed E-state index contributed by atoms with van der Waals surface area (Å²) in [6.45, 7) is 0. The van der Waals surface area contributed by atoms with Crippen molar-refractivity contribution < 1.29 is 29.3 Å². The molecule has 1 atom stereocenters. The smallest absolute Gasteiger partial charge is 0.335 e. The average molecular weight is 435 g/mol. The Morgan fingerprint density at radius 3 is 2.09 bits per heavy atom. The molecule has 0 spiro atoms. The van der Waals surface area contributed by atoms with Crippen LogP contribution in [0.2, 0.25) is 0 Å². The third-order valence-corrected chi connectivity index (χ3v) is 4.60. The number of amidine groups is 1. The first-order valence-electron chi connectivity index (χ1n) is 9.41. The maximum atomic E-state index is 11.9. The molecule has 9 heteroatoms. The topological polar surface area (TPSA) is 155 Å². The van der Waals surface area contributed by atoms with E-state index in [1.165, 1.54) is 31.4 Å². The van der Waals surface area contributed by atoms with Crippen LogP contribution < -0.4 is 20.5 Å². The van der Waals surface area contributed by atoms with Gasteiger partial charge in [0, 0.05) is 11.3 Å². The molecule has 0 aromatic heterocycles. The van der Waals surface area contributed by atoms with Crippen LogP contribution in [0.25, 0.3) is 0 Å². The number of anilines is 1. The van der Waals surface area contributed by atoms with E-state index in [-0.39, 0.29) is 11.4 Å². The fourth-order valence-electron chi connectivity index (χ4n) is 2.94. The number of hydrogen-bond donors (Lipinski definition) is 5. The van der Waals surface area contributed by atoms with E-state index < -0.39 is 18.0 Å². The Morgan fingerprint density at radius 1 is 0.938 bits per heavy atom. The summed E-state index contributed by atoms with van der Waals surface area (Å²) in [5, 5.41) is 29.1. The number of nitrogens with two attached hydrogens (primary N) is 1. The predicted octanol–water partition coefficient (Wildman–Crippen LogP) is 3.71. The van der Waals surface area contributed by atoms with Gasteiger partial charge < -0.3 is 30.7 Å². The molecule has 1 unspecified atom stereocenters. The number of nitrogen functional groups attached to an aromatic ring is 1. The molecule has 3 aromatic rings. The number of carboxylic acid groups (broad SMARTS) is 2. The van der Waals surface area contributed by atoms with Crippen molar-refractivity contribution in [2.75, 3.05) is 12.4 Å². The van der Waals surface area contributed by atoms with E-state index in [2.05, 4.69) is 5.32 Å². The molecule has 0 aliphatic rings. The zero-order valence-corrected chi connectivity index (χ0v) is 17.0.